The molecular formula is C20H28N4O10. The Kier molecular flexibility index (Phi) is 10.9. The first-order valence-electron chi connectivity index (χ1n) is 10.0. The van der Waals surface area contributed by atoms with E-state index in [9.17, 15) is 34.2 Å². The van der Waals surface area contributed by atoms with Crippen LogP contribution in [0.25, 0.3) is 0 Å². The lowest BCUT2D eigenvalue weighted by atomic mass is 10.0. The van der Waals surface area contributed by atoms with Gasteiger partial charge in [0.2, 0.25) is 17.7 Å². The number of aliphatic hydroxyl groups excluding tert-OH is 2. The molecule has 0 bridgehead atoms. The lowest BCUT2D eigenvalue weighted by Gasteiger charge is -2.25. The minimum Gasteiger partial charge on any atom is -0.508 e. The van der Waals surface area contributed by atoms with Crippen molar-refractivity contribution in [1.82, 2.24) is 16.0 Å². The summed E-state index contributed by atoms with van der Waals surface area (Å²) in [5.74, 6) is -6.18. The van der Waals surface area contributed by atoms with E-state index in [4.69, 9.17) is 21.1 Å². The number of hydrogen-bond acceptors (Lipinski definition) is 9. The fraction of sp³-hybridized carbons (Fsp3) is 0.450. The van der Waals surface area contributed by atoms with Gasteiger partial charge in [0.15, 0.2) is 0 Å². The van der Waals surface area contributed by atoms with Crippen LogP contribution in [0.5, 0.6) is 5.75 Å². The fourth-order valence-electron chi connectivity index (χ4n) is 2.68. The van der Waals surface area contributed by atoms with Gasteiger partial charge in [-0.3, -0.25) is 19.2 Å². The smallest absolute Gasteiger partial charge is 0.328 e. The van der Waals surface area contributed by atoms with E-state index in [1.807, 2.05) is 5.32 Å². The molecule has 10 N–H and O–H groups in total. The molecule has 14 heteroatoms. The number of carboxylic acid groups (broad SMARTS) is 2. The maximum atomic E-state index is 12.8. The molecule has 0 aromatic heterocycles. The van der Waals surface area contributed by atoms with Crippen molar-refractivity contribution in [3.05, 3.63) is 29.8 Å². The molecule has 0 saturated carbocycles. The highest BCUT2D eigenvalue weighted by molar-refractivity contribution is 5.95. The van der Waals surface area contributed by atoms with Crippen molar-refractivity contribution in [1.29, 1.82) is 0 Å². The highest BCUT2D eigenvalue weighted by atomic mass is 16.4. The molecule has 1 aromatic rings. The van der Waals surface area contributed by atoms with Crippen LogP contribution in [0.1, 0.15) is 18.9 Å². The molecule has 14 nitrogen and oxygen atoms in total. The highest BCUT2D eigenvalue weighted by Crippen LogP contribution is 2.12. The van der Waals surface area contributed by atoms with E-state index in [0.717, 1.165) is 0 Å². The summed E-state index contributed by atoms with van der Waals surface area (Å²) in [5, 5.41) is 52.6. The molecule has 0 aliphatic heterocycles. The van der Waals surface area contributed by atoms with Gasteiger partial charge in [-0.05, 0) is 24.6 Å². The molecular weight excluding hydrogens is 456 g/mol. The van der Waals surface area contributed by atoms with Crippen molar-refractivity contribution in [2.45, 2.75) is 50.0 Å². The number of carbonyl (C=O) groups excluding carboxylic acids is 3. The molecule has 0 saturated heterocycles. The Morgan fingerprint density at radius 2 is 1.38 bits per heavy atom. The third-order valence-electron chi connectivity index (χ3n) is 4.64. The van der Waals surface area contributed by atoms with Crippen LogP contribution in [-0.2, 0) is 30.4 Å². The van der Waals surface area contributed by atoms with E-state index in [1.165, 1.54) is 31.2 Å². The third kappa shape index (κ3) is 9.01. The number of nitrogens with one attached hydrogen (secondary N) is 3. The van der Waals surface area contributed by atoms with Crippen molar-refractivity contribution < 1.29 is 49.5 Å². The molecule has 0 heterocycles. The standard InChI is InChI=1S/C20H28N4O10/c1-9(26)16(21)19(32)23-13(7-15(28)29)18(31)22-12(6-10-2-4-11(27)5-3-10)17(30)24-14(8-25)20(33)34/h2-5,9,12-14,16,25-27H,6-8,21H2,1H3,(H,22,31)(H,23,32)(H,24,30)(H,28,29)(H,33,34). The number of benzene rings is 1. The second kappa shape index (κ2) is 13.1. The molecule has 1 rings (SSSR count). The summed E-state index contributed by atoms with van der Waals surface area (Å²) in [6, 6.07) is -0.787. The van der Waals surface area contributed by atoms with E-state index in [1.54, 1.807) is 0 Å². The number of aliphatic hydroxyl groups is 2. The first-order valence-corrected chi connectivity index (χ1v) is 10.0. The molecule has 0 aliphatic carbocycles. The number of phenols is 1. The zero-order valence-electron chi connectivity index (χ0n) is 18.2. The van der Waals surface area contributed by atoms with Crippen molar-refractivity contribution in [2.24, 2.45) is 5.73 Å². The second-order valence-corrected chi connectivity index (χ2v) is 7.44. The van der Waals surface area contributed by atoms with Crippen LogP contribution in [0.4, 0.5) is 0 Å². The largest absolute Gasteiger partial charge is 0.508 e. The Balaban J connectivity index is 3.14. The van der Waals surface area contributed by atoms with Crippen molar-refractivity contribution in [3.8, 4) is 5.75 Å². The van der Waals surface area contributed by atoms with Crippen LogP contribution in [-0.4, -0.2) is 92.1 Å². The van der Waals surface area contributed by atoms with Gasteiger partial charge in [0, 0.05) is 6.42 Å². The van der Waals surface area contributed by atoms with E-state index < -0.39 is 73.0 Å². The average Bonchev–Trinajstić information content (AvgIpc) is 2.76. The number of hydrogen-bond donors (Lipinski definition) is 9. The third-order valence-corrected chi connectivity index (χ3v) is 4.64. The van der Waals surface area contributed by atoms with Crippen LogP contribution >= 0.6 is 0 Å². The van der Waals surface area contributed by atoms with E-state index >= 15 is 0 Å². The van der Waals surface area contributed by atoms with Crippen LogP contribution in [0.2, 0.25) is 0 Å². The van der Waals surface area contributed by atoms with Gasteiger partial charge in [0.05, 0.1) is 19.1 Å². The minimum atomic E-state index is -1.68. The van der Waals surface area contributed by atoms with Crippen LogP contribution in [0.15, 0.2) is 24.3 Å². The van der Waals surface area contributed by atoms with Gasteiger partial charge in [-0.1, -0.05) is 12.1 Å². The van der Waals surface area contributed by atoms with E-state index in [-0.39, 0.29) is 12.2 Å². The molecule has 34 heavy (non-hydrogen) atoms. The van der Waals surface area contributed by atoms with Gasteiger partial charge in [-0.15, -0.1) is 0 Å². The summed E-state index contributed by atoms with van der Waals surface area (Å²) >= 11 is 0. The van der Waals surface area contributed by atoms with Crippen molar-refractivity contribution in [2.75, 3.05) is 6.61 Å². The number of aromatic hydroxyl groups is 1. The Labute approximate surface area is 193 Å². The predicted octanol–water partition coefficient (Wildman–Crippen LogP) is -3.35. The number of rotatable bonds is 13. The molecule has 0 spiro atoms. The molecule has 188 valence electrons. The number of carbonyl (C=O) groups is 5. The quantitative estimate of drug-likeness (QED) is 0.134. The molecule has 0 fully saturated rings. The maximum Gasteiger partial charge on any atom is 0.328 e. The zero-order chi connectivity index (χ0) is 26.0. The molecule has 0 radical (unpaired) electrons. The summed E-state index contributed by atoms with van der Waals surface area (Å²) in [7, 11) is 0. The number of aliphatic carboxylic acids is 2. The Hall–Kier alpha value is -3.75. The minimum absolute atomic E-state index is 0.0707. The number of amides is 3. The number of nitrogens with two attached hydrogens (primary N) is 1. The Morgan fingerprint density at radius 3 is 1.85 bits per heavy atom. The highest BCUT2D eigenvalue weighted by Gasteiger charge is 2.32. The summed E-state index contributed by atoms with van der Waals surface area (Å²) in [5.41, 5.74) is 5.93. The summed E-state index contributed by atoms with van der Waals surface area (Å²) < 4.78 is 0. The molecule has 1 aromatic carbocycles. The molecule has 3 amide bonds. The monoisotopic (exact) mass is 484 g/mol. The molecule has 5 unspecified atom stereocenters. The van der Waals surface area contributed by atoms with Crippen LogP contribution in [0, 0.1) is 0 Å². The Bertz CT molecular complexity index is 890. The van der Waals surface area contributed by atoms with Gasteiger partial charge >= 0.3 is 11.9 Å². The van der Waals surface area contributed by atoms with Crippen LogP contribution < -0.4 is 21.7 Å². The topological polar surface area (TPSA) is 249 Å². The zero-order valence-corrected chi connectivity index (χ0v) is 18.2. The van der Waals surface area contributed by atoms with E-state index in [0.29, 0.717) is 5.56 Å². The van der Waals surface area contributed by atoms with Gasteiger partial charge in [-0.2, -0.15) is 0 Å². The first-order chi connectivity index (χ1) is 15.8. The van der Waals surface area contributed by atoms with Crippen molar-refractivity contribution in [3.63, 3.8) is 0 Å². The average molecular weight is 484 g/mol. The fourth-order valence-corrected chi connectivity index (χ4v) is 2.68. The summed E-state index contributed by atoms with van der Waals surface area (Å²) in [4.78, 5) is 59.9. The van der Waals surface area contributed by atoms with Gasteiger partial charge in [0.1, 0.15) is 29.9 Å². The second-order valence-electron chi connectivity index (χ2n) is 7.44. The molecule has 5 atom stereocenters. The van der Waals surface area contributed by atoms with E-state index in [2.05, 4.69) is 10.6 Å². The lowest BCUT2D eigenvalue weighted by molar-refractivity contribution is -0.144. The maximum absolute atomic E-state index is 12.8. The first kappa shape index (κ1) is 28.3. The van der Waals surface area contributed by atoms with Gasteiger partial charge in [-0.25, -0.2) is 4.79 Å². The van der Waals surface area contributed by atoms with Gasteiger partial charge < -0.3 is 47.2 Å². The number of phenolic OH excluding ortho intramolecular Hbond substituents is 1. The summed E-state index contributed by atoms with van der Waals surface area (Å²) in [6.45, 7) is 0.282. The van der Waals surface area contributed by atoms with Gasteiger partial charge in [0.25, 0.3) is 0 Å². The van der Waals surface area contributed by atoms with Crippen LogP contribution in [0.3, 0.4) is 0 Å². The Morgan fingerprint density at radius 1 is 0.882 bits per heavy atom. The van der Waals surface area contributed by atoms with Crippen molar-refractivity contribution >= 4 is 29.7 Å². The molecule has 0 aliphatic rings. The lowest BCUT2D eigenvalue weighted by Crippen LogP contribution is -2.59. The number of carboxylic acids is 2. The normalized spacial score (nSPS) is 15.2. The SMILES string of the molecule is CC(O)C(N)C(=O)NC(CC(=O)O)C(=O)NC(Cc1ccc(O)cc1)C(=O)NC(CO)C(=O)O. The predicted molar refractivity (Wildman–Crippen MR) is 114 cm³/mol. The summed E-state index contributed by atoms with van der Waals surface area (Å²) in [6.07, 6.45) is -2.39.